The zero-order chi connectivity index (χ0) is 14.6. The third-order valence-corrected chi connectivity index (χ3v) is 5.00. The number of anilines is 1. The van der Waals surface area contributed by atoms with E-state index in [9.17, 15) is 10.1 Å². The predicted molar refractivity (Wildman–Crippen MR) is 83.5 cm³/mol. The number of benzene rings is 1. The molecule has 0 aromatic heterocycles. The highest BCUT2D eigenvalue weighted by Crippen LogP contribution is 2.36. The normalized spacial score (nSPS) is 17.9. The van der Waals surface area contributed by atoms with Crippen LogP contribution >= 0.6 is 27.5 Å². The van der Waals surface area contributed by atoms with Crippen LogP contribution in [0.25, 0.3) is 0 Å². The monoisotopic (exact) mass is 354 g/mol. The maximum atomic E-state index is 12.5. The number of nitrogens with zero attached hydrogens (tertiary/aromatic N) is 1. The second kappa shape index (κ2) is 6.60. The van der Waals surface area contributed by atoms with Gasteiger partial charge in [0.2, 0.25) is 5.91 Å². The summed E-state index contributed by atoms with van der Waals surface area (Å²) in [5.41, 5.74) is -0.229. The van der Waals surface area contributed by atoms with E-state index < -0.39 is 5.41 Å². The summed E-state index contributed by atoms with van der Waals surface area (Å²) >= 11 is 9.26. The fourth-order valence-electron chi connectivity index (χ4n) is 2.55. The molecule has 106 valence electrons. The van der Waals surface area contributed by atoms with Crippen molar-refractivity contribution >= 4 is 39.1 Å². The Morgan fingerprint density at radius 1 is 1.30 bits per heavy atom. The van der Waals surface area contributed by atoms with E-state index in [1.807, 2.05) is 0 Å². The summed E-state index contributed by atoms with van der Waals surface area (Å²) in [4.78, 5) is 12.5. The number of halogens is 2. The predicted octanol–water partition coefficient (Wildman–Crippen LogP) is 4.91. The maximum Gasteiger partial charge on any atom is 0.244 e. The van der Waals surface area contributed by atoms with Gasteiger partial charge in [0.25, 0.3) is 0 Å². The minimum atomic E-state index is -0.886. The van der Waals surface area contributed by atoms with Gasteiger partial charge < -0.3 is 5.32 Å². The lowest BCUT2D eigenvalue weighted by molar-refractivity contribution is -0.123. The molecule has 5 heteroatoms. The van der Waals surface area contributed by atoms with Crippen LogP contribution in [0.2, 0.25) is 5.02 Å². The van der Waals surface area contributed by atoms with Gasteiger partial charge in [-0.15, -0.1) is 0 Å². The fourth-order valence-corrected chi connectivity index (χ4v) is 3.04. The van der Waals surface area contributed by atoms with Gasteiger partial charge in [-0.1, -0.05) is 37.3 Å². The summed E-state index contributed by atoms with van der Waals surface area (Å²) in [5.74, 6) is -0.198. The number of hydrogen-bond acceptors (Lipinski definition) is 2. The van der Waals surface area contributed by atoms with E-state index in [2.05, 4.69) is 27.3 Å². The first-order chi connectivity index (χ1) is 9.57. The zero-order valence-electron chi connectivity index (χ0n) is 11.1. The van der Waals surface area contributed by atoms with Gasteiger partial charge in [-0.3, -0.25) is 4.79 Å². The lowest BCUT2D eigenvalue weighted by Gasteiger charge is -2.23. The van der Waals surface area contributed by atoms with Crippen molar-refractivity contribution in [3.63, 3.8) is 0 Å². The van der Waals surface area contributed by atoms with E-state index in [1.165, 1.54) is 0 Å². The van der Waals surface area contributed by atoms with Crippen molar-refractivity contribution in [2.24, 2.45) is 5.41 Å². The van der Waals surface area contributed by atoms with Gasteiger partial charge in [0.05, 0.1) is 11.1 Å². The van der Waals surface area contributed by atoms with Gasteiger partial charge in [-0.2, -0.15) is 5.26 Å². The first-order valence-electron chi connectivity index (χ1n) is 6.75. The average molecular weight is 356 g/mol. The Balaban J connectivity index is 2.16. The molecule has 1 fully saturated rings. The summed E-state index contributed by atoms with van der Waals surface area (Å²) in [5, 5.41) is 12.9. The summed E-state index contributed by atoms with van der Waals surface area (Å²) < 4.78 is 0.726. The molecule has 0 unspecified atom stereocenters. The Morgan fingerprint density at radius 3 is 2.50 bits per heavy atom. The molecule has 0 aliphatic heterocycles. The van der Waals surface area contributed by atoms with Crippen molar-refractivity contribution in [2.75, 3.05) is 5.32 Å². The lowest BCUT2D eigenvalue weighted by atomic mass is 9.81. The molecule has 20 heavy (non-hydrogen) atoms. The molecule has 1 aliphatic rings. The number of carbonyl (C=O) groups is 1. The molecule has 0 saturated heterocycles. The molecule has 0 spiro atoms. The maximum absolute atomic E-state index is 12.5. The third kappa shape index (κ3) is 3.34. The third-order valence-electron chi connectivity index (χ3n) is 3.78. The van der Waals surface area contributed by atoms with Crippen LogP contribution in [0.5, 0.6) is 0 Å². The average Bonchev–Trinajstić information content (AvgIpc) is 2.69. The van der Waals surface area contributed by atoms with Crippen LogP contribution in [-0.4, -0.2) is 5.91 Å². The highest BCUT2D eigenvalue weighted by atomic mass is 79.9. The fraction of sp³-hybridized carbons (Fsp3) is 0.467. The van der Waals surface area contributed by atoms with Crippen molar-refractivity contribution in [3.05, 3.63) is 27.7 Å². The van der Waals surface area contributed by atoms with Crippen LogP contribution in [0.1, 0.15) is 38.5 Å². The topological polar surface area (TPSA) is 52.9 Å². The van der Waals surface area contributed by atoms with Crippen molar-refractivity contribution in [2.45, 2.75) is 38.5 Å². The second-order valence-corrected chi connectivity index (χ2v) is 6.45. The smallest absolute Gasteiger partial charge is 0.244 e. The Labute approximate surface area is 132 Å². The van der Waals surface area contributed by atoms with E-state index in [1.54, 1.807) is 18.2 Å². The molecule has 3 nitrogen and oxygen atoms in total. The van der Waals surface area contributed by atoms with Crippen molar-refractivity contribution < 1.29 is 4.79 Å². The van der Waals surface area contributed by atoms with Gasteiger partial charge in [-0.05, 0) is 47.0 Å². The van der Waals surface area contributed by atoms with Crippen molar-refractivity contribution in [3.8, 4) is 6.07 Å². The molecule has 1 amide bonds. The molecule has 0 heterocycles. The van der Waals surface area contributed by atoms with Gasteiger partial charge in [0, 0.05) is 10.2 Å². The summed E-state index contributed by atoms with van der Waals surface area (Å²) in [6.07, 6.45) is 5.36. The molecule has 1 aromatic rings. The minimum absolute atomic E-state index is 0.198. The number of nitrogens with one attached hydrogen (secondary N) is 1. The van der Waals surface area contributed by atoms with Gasteiger partial charge in [0.1, 0.15) is 5.41 Å². The van der Waals surface area contributed by atoms with E-state index >= 15 is 0 Å². The summed E-state index contributed by atoms with van der Waals surface area (Å²) in [6, 6.07) is 7.46. The molecule has 1 aliphatic carbocycles. The molecule has 1 N–H and O–H groups in total. The lowest BCUT2D eigenvalue weighted by Crippen LogP contribution is -2.34. The van der Waals surface area contributed by atoms with Crippen LogP contribution < -0.4 is 5.32 Å². The molecule has 0 atom stereocenters. The van der Waals surface area contributed by atoms with Gasteiger partial charge >= 0.3 is 0 Å². The first kappa shape index (κ1) is 15.3. The highest BCUT2D eigenvalue weighted by Gasteiger charge is 2.38. The molecule has 1 aromatic carbocycles. The number of hydrogen-bond donors (Lipinski definition) is 1. The number of amides is 1. The Morgan fingerprint density at radius 2 is 1.95 bits per heavy atom. The van der Waals surface area contributed by atoms with E-state index in [-0.39, 0.29) is 5.91 Å². The van der Waals surface area contributed by atoms with E-state index in [0.29, 0.717) is 23.6 Å². The van der Waals surface area contributed by atoms with Crippen LogP contribution in [0.4, 0.5) is 5.69 Å². The summed E-state index contributed by atoms with van der Waals surface area (Å²) in [6.45, 7) is 0. The number of rotatable bonds is 2. The van der Waals surface area contributed by atoms with Gasteiger partial charge in [-0.25, -0.2) is 0 Å². The SMILES string of the molecule is N#CC1(C(=O)Nc2ccc(Cl)c(Br)c2)CCCCCC1. The van der Waals surface area contributed by atoms with Crippen LogP contribution in [0.15, 0.2) is 22.7 Å². The number of carbonyl (C=O) groups excluding carboxylic acids is 1. The zero-order valence-corrected chi connectivity index (χ0v) is 13.4. The minimum Gasteiger partial charge on any atom is -0.325 e. The largest absolute Gasteiger partial charge is 0.325 e. The molecule has 1 saturated carbocycles. The van der Waals surface area contributed by atoms with E-state index in [0.717, 1.165) is 30.2 Å². The highest BCUT2D eigenvalue weighted by molar-refractivity contribution is 9.10. The Hall–Kier alpha value is -1.05. The van der Waals surface area contributed by atoms with Crippen LogP contribution in [-0.2, 0) is 4.79 Å². The first-order valence-corrected chi connectivity index (χ1v) is 7.92. The molecular formula is C15H16BrClN2O. The van der Waals surface area contributed by atoms with Gasteiger partial charge in [0.15, 0.2) is 0 Å². The Kier molecular flexibility index (Phi) is 5.06. The molecule has 2 rings (SSSR count). The molecular weight excluding hydrogens is 340 g/mol. The standard InChI is InChI=1S/C15H16BrClN2O/c16-12-9-11(5-6-13(12)17)19-14(20)15(10-18)7-3-1-2-4-8-15/h5-6,9H,1-4,7-8H2,(H,19,20). The summed E-state index contributed by atoms with van der Waals surface area (Å²) in [7, 11) is 0. The van der Waals surface area contributed by atoms with Crippen molar-refractivity contribution in [1.82, 2.24) is 0 Å². The quantitative estimate of drug-likeness (QED) is 0.767. The van der Waals surface area contributed by atoms with Crippen molar-refractivity contribution in [1.29, 1.82) is 5.26 Å². The Bertz CT molecular complexity index is 545. The second-order valence-electron chi connectivity index (χ2n) is 5.19. The number of nitriles is 1. The molecule has 0 bridgehead atoms. The van der Waals surface area contributed by atoms with Crippen LogP contribution in [0.3, 0.4) is 0 Å². The van der Waals surface area contributed by atoms with E-state index in [4.69, 9.17) is 11.6 Å². The van der Waals surface area contributed by atoms with Crippen LogP contribution in [0, 0.1) is 16.7 Å². The molecule has 0 radical (unpaired) electrons.